The third-order valence-electron chi connectivity index (χ3n) is 1.45. The number of thiophene rings is 1. The molecule has 1 aromatic heterocycles. The lowest BCUT2D eigenvalue weighted by Crippen LogP contribution is -1.95. The van der Waals surface area contributed by atoms with Gasteiger partial charge in [0.05, 0.1) is 5.56 Å². The monoisotopic (exact) mass is 196 g/mol. The highest BCUT2D eigenvalue weighted by molar-refractivity contribution is 7.08. The fourth-order valence-electron chi connectivity index (χ4n) is 0.860. The van der Waals surface area contributed by atoms with Gasteiger partial charge in [-0.1, -0.05) is 12.2 Å². The van der Waals surface area contributed by atoms with E-state index in [2.05, 4.69) is 0 Å². The van der Waals surface area contributed by atoms with Gasteiger partial charge in [0, 0.05) is 11.8 Å². The second-order valence-corrected chi connectivity index (χ2v) is 3.09. The fourth-order valence-corrected chi connectivity index (χ4v) is 1.65. The van der Waals surface area contributed by atoms with Crippen molar-refractivity contribution < 1.29 is 14.7 Å². The van der Waals surface area contributed by atoms with Crippen molar-refractivity contribution in [3.63, 3.8) is 0 Å². The Bertz CT molecular complexity index is 338. The lowest BCUT2D eigenvalue weighted by atomic mass is 10.2. The minimum atomic E-state index is -0.938. The lowest BCUT2D eigenvalue weighted by molar-refractivity contribution is -0.107. The van der Waals surface area contributed by atoms with E-state index in [1.807, 2.05) is 0 Å². The molecule has 0 saturated carbocycles. The minimum absolute atomic E-state index is 0.284. The molecule has 1 heterocycles. The maximum atomic E-state index is 10.6. The van der Waals surface area contributed by atoms with E-state index in [1.165, 1.54) is 11.3 Å². The topological polar surface area (TPSA) is 54.4 Å². The van der Waals surface area contributed by atoms with Gasteiger partial charge in [0.2, 0.25) is 0 Å². The number of hydrogen-bond acceptors (Lipinski definition) is 3. The van der Waals surface area contributed by atoms with E-state index in [9.17, 15) is 9.59 Å². The Morgan fingerprint density at radius 1 is 1.54 bits per heavy atom. The van der Waals surface area contributed by atoms with E-state index >= 15 is 0 Å². The highest BCUT2D eigenvalue weighted by Crippen LogP contribution is 2.16. The van der Waals surface area contributed by atoms with Gasteiger partial charge in [-0.05, 0) is 10.9 Å². The third kappa shape index (κ3) is 2.52. The van der Waals surface area contributed by atoms with Gasteiger partial charge in [-0.25, -0.2) is 4.79 Å². The van der Waals surface area contributed by atoms with Crippen LogP contribution in [0.4, 0.5) is 0 Å². The lowest BCUT2D eigenvalue weighted by Gasteiger charge is -1.90. The molecule has 0 radical (unpaired) electrons. The first-order valence-corrected chi connectivity index (χ1v) is 4.59. The third-order valence-corrected chi connectivity index (χ3v) is 2.21. The molecule has 0 saturated heterocycles. The van der Waals surface area contributed by atoms with Crippen LogP contribution in [0.15, 0.2) is 16.8 Å². The van der Waals surface area contributed by atoms with Crippen molar-refractivity contribution >= 4 is 29.7 Å². The molecular formula is C9H8O3S. The Labute approximate surface area is 79.3 Å². The van der Waals surface area contributed by atoms with E-state index in [1.54, 1.807) is 22.9 Å². The summed E-state index contributed by atoms with van der Waals surface area (Å²) in [5, 5.41) is 12.0. The molecule has 0 fully saturated rings. The zero-order valence-electron chi connectivity index (χ0n) is 6.77. The number of carbonyl (C=O) groups is 2. The Balaban J connectivity index is 2.82. The van der Waals surface area contributed by atoms with Crippen LogP contribution in [0.2, 0.25) is 0 Å². The molecule has 0 aromatic carbocycles. The largest absolute Gasteiger partial charge is 0.478 e. The van der Waals surface area contributed by atoms with Crippen LogP contribution in [0.25, 0.3) is 6.08 Å². The standard InChI is InChI=1S/C9H8O3S/c10-4-2-1-3-7-5-13-6-8(7)9(11)12/h1,3-6H,2H2,(H,11,12). The van der Waals surface area contributed by atoms with Crippen molar-refractivity contribution in [1.29, 1.82) is 0 Å². The van der Waals surface area contributed by atoms with Crippen molar-refractivity contribution in [1.82, 2.24) is 0 Å². The molecule has 68 valence electrons. The smallest absolute Gasteiger partial charge is 0.337 e. The van der Waals surface area contributed by atoms with E-state index in [0.717, 1.165) is 6.29 Å². The van der Waals surface area contributed by atoms with Crippen molar-refractivity contribution in [2.45, 2.75) is 6.42 Å². The molecule has 1 N–H and O–H groups in total. The van der Waals surface area contributed by atoms with Crippen LogP contribution in [0.3, 0.4) is 0 Å². The maximum absolute atomic E-state index is 10.6. The summed E-state index contributed by atoms with van der Waals surface area (Å²) in [6, 6.07) is 0. The van der Waals surface area contributed by atoms with E-state index in [4.69, 9.17) is 5.11 Å². The number of hydrogen-bond donors (Lipinski definition) is 1. The molecule has 1 aromatic rings. The molecular weight excluding hydrogens is 188 g/mol. The van der Waals surface area contributed by atoms with Crippen LogP contribution in [-0.2, 0) is 4.79 Å². The molecule has 0 aliphatic rings. The van der Waals surface area contributed by atoms with Crippen molar-refractivity contribution in [3.05, 3.63) is 28.0 Å². The molecule has 0 aliphatic carbocycles. The number of aromatic carboxylic acids is 1. The minimum Gasteiger partial charge on any atom is -0.478 e. The van der Waals surface area contributed by atoms with Crippen LogP contribution in [0, 0.1) is 0 Å². The van der Waals surface area contributed by atoms with Crippen molar-refractivity contribution in [3.8, 4) is 0 Å². The first-order valence-electron chi connectivity index (χ1n) is 3.65. The summed E-state index contributed by atoms with van der Waals surface area (Å²) in [4.78, 5) is 20.6. The number of carbonyl (C=O) groups excluding carboxylic acids is 1. The summed E-state index contributed by atoms with van der Waals surface area (Å²) in [5.41, 5.74) is 0.937. The van der Waals surface area contributed by atoms with Crippen LogP contribution in [-0.4, -0.2) is 17.4 Å². The van der Waals surface area contributed by atoms with Gasteiger partial charge in [0.1, 0.15) is 6.29 Å². The molecule has 0 atom stereocenters. The maximum Gasteiger partial charge on any atom is 0.337 e. The molecule has 1 rings (SSSR count). The van der Waals surface area contributed by atoms with Gasteiger partial charge in [-0.15, -0.1) is 0 Å². The average molecular weight is 196 g/mol. The van der Waals surface area contributed by atoms with Gasteiger partial charge < -0.3 is 9.90 Å². The van der Waals surface area contributed by atoms with Gasteiger partial charge in [0.25, 0.3) is 0 Å². The Morgan fingerprint density at radius 2 is 2.31 bits per heavy atom. The summed E-state index contributed by atoms with van der Waals surface area (Å²) < 4.78 is 0. The molecule has 0 aliphatic heterocycles. The zero-order chi connectivity index (χ0) is 9.68. The average Bonchev–Trinajstić information content (AvgIpc) is 2.53. The predicted molar refractivity (Wildman–Crippen MR) is 51.0 cm³/mol. The van der Waals surface area contributed by atoms with Crippen LogP contribution in [0.1, 0.15) is 22.3 Å². The first kappa shape index (κ1) is 9.67. The Hall–Kier alpha value is -1.42. The summed E-state index contributed by atoms with van der Waals surface area (Å²) in [6.07, 6.45) is 4.37. The molecule has 0 spiro atoms. The van der Waals surface area contributed by atoms with Gasteiger partial charge in [-0.3, -0.25) is 0 Å². The highest BCUT2D eigenvalue weighted by Gasteiger charge is 2.07. The van der Waals surface area contributed by atoms with Gasteiger partial charge in [-0.2, -0.15) is 11.3 Å². The fraction of sp³-hybridized carbons (Fsp3) is 0.111. The SMILES string of the molecule is O=CCC=Cc1cscc1C(=O)O. The summed E-state index contributed by atoms with van der Waals surface area (Å²) in [5.74, 6) is -0.938. The van der Waals surface area contributed by atoms with Crippen molar-refractivity contribution in [2.24, 2.45) is 0 Å². The summed E-state index contributed by atoms with van der Waals surface area (Å²) >= 11 is 1.33. The predicted octanol–water partition coefficient (Wildman–Crippen LogP) is 2.05. The van der Waals surface area contributed by atoms with E-state index < -0.39 is 5.97 Å². The summed E-state index contributed by atoms with van der Waals surface area (Å²) in [7, 11) is 0. The number of aldehydes is 1. The van der Waals surface area contributed by atoms with E-state index in [0.29, 0.717) is 12.0 Å². The number of rotatable bonds is 4. The second-order valence-electron chi connectivity index (χ2n) is 2.35. The van der Waals surface area contributed by atoms with Crippen molar-refractivity contribution in [2.75, 3.05) is 0 Å². The Morgan fingerprint density at radius 3 is 2.92 bits per heavy atom. The van der Waals surface area contributed by atoms with Crippen LogP contribution in [0.5, 0.6) is 0 Å². The van der Waals surface area contributed by atoms with E-state index in [-0.39, 0.29) is 5.56 Å². The molecule has 0 amide bonds. The number of carboxylic acids is 1. The first-order chi connectivity index (χ1) is 6.25. The molecule has 0 bridgehead atoms. The normalized spacial score (nSPS) is 10.5. The number of allylic oxidation sites excluding steroid dienone is 1. The quantitative estimate of drug-likeness (QED) is 0.750. The molecule has 4 heteroatoms. The second kappa shape index (κ2) is 4.57. The Kier molecular flexibility index (Phi) is 3.40. The summed E-state index contributed by atoms with van der Waals surface area (Å²) in [6.45, 7) is 0. The van der Waals surface area contributed by atoms with Gasteiger partial charge in [0.15, 0.2) is 0 Å². The zero-order valence-corrected chi connectivity index (χ0v) is 7.58. The molecule has 13 heavy (non-hydrogen) atoms. The van der Waals surface area contributed by atoms with Gasteiger partial charge >= 0.3 is 5.97 Å². The van der Waals surface area contributed by atoms with Crippen LogP contribution < -0.4 is 0 Å². The highest BCUT2D eigenvalue weighted by atomic mass is 32.1. The van der Waals surface area contributed by atoms with Crippen LogP contribution >= 0.6 is 11.3 Å². The molecule has 3 nitrogen and oxygen atoms in total. The number of carboxylic acid groups (broad SMARTS) is 1. The molecule has 0 unspecified atom stereocenters.